The SMILES string of the molecule is CC(=O)ON=C1CCc2ccc(C(F)(F)F)cc21. The number of fused-ring (bicyclic) bond motifs is 1. The summed E-state index contributed by atoms with van der Waals surface area (Å²) in [4.78, 5) is 15.1. The molecule has 18 heavy (non-hydrogen) atoms. The minimum absolute atomic E-state index is 0.381. The number of carbonyl (C=O) groups excluding carboxylic acids is 1. The first-order chi connectivity index (χ1) is 8.38. The molecule has 0 N–H and O–H groups in total. The van der Waals surface area contributed by atoms with Crippen molar-refractivity contribution in [3.8, 4) is 0 Å². The Labute approximate surface area is 101 Å². The molecule has 0 bridgehead atoms. The second-order valence-corrected chi connectivity index (χ2v) is 3.99. The first kappa shape index (κ1) is 12.6. The van der Waals surface area contributed by atoms with Gasteiger partial charge in [0.05, 0.1) is 11.3 Å². The maximum atomic E-state index is 12.6. The number of alkyl halides is 3. The van der Waals surface area contributed by atoms with Crippen molar-refractivity contribution < 1.29 is 22.8 Å². The van der Waals surface area contributed by atoms with Crippen LogP contribution in [0.2, 0.25) is 0 Å². The molecule has 1 aliphatic rings. The van der Waals surface area contributed by atoms with Crippen LogP contribution in [0.1, 0.15) is 30.0 Å². The van der Waals surface area contributed by atoms with Gasteiger partial charge in [0.25, 0.3) is 0 Å². The third kappa shape index (κ3) is 2.52. The molecule has 0 spiro atoms. The van der Waals surface area contributed by atoms with Crippen LogP contribution in [-0.2, 0) is 22.2 Å². The number of hydrogen-bond acceptors (Lipinski definition) is 3. The molecule has 0 heterocycles. The van der Waals surface area contributed by atoms with E-state index in [9.17, 15) is 18.0 Å². The minimum atomic E-state index is -4.38. The van der Waals surface area contributed by atoms with Crippen molar-refractivity contribution in [2.24, 2.45) is 5.16 Å². The van der Waals surface area contributed by atoms with Crippen LogP contribution in [0.4, 0.5) is 13.2 Å². The summed E-state index contributed by atoms with van der Waals surface area (Å²) in [5.74, 6) is -0.595. The van der Waals surface area contributed by atoms with Gasteiger partial charge in [-0.15, -0.1) is 0 Å². The van der Waals surface area contributed by atoms with Crippen molar-refractivity contribution in [1.29, 1.82) is 0 Å². The number of aryl methyl sites for hydroxylation is 1. The molecule has 0 unspecified atom stereocenters. The van der Waals surface area contributed by atoms with Gasteiger partial charge in [0.2, 0.25) is 0 Å². The fraction of sp³-hybridized carbons (Fsp3) is 0.333. The molecule has 1 aromatic rings. The normalized spacial score (nSPS) is 16.8. The number of benzene rings is 1. The van der Waals surface area contributed by atoms with Crippen LogP contribution >= 0.6 is 0 Å². The van der Waals surface area contributed by atoms with Crippen molar-refractivity contribution in [3.63, 3.8) is 0 Å². The summed E-state index contributed by atoms with van der Waals surface area (Å²) in [5.41, 5.74) is 0.852. The number of halogens is 3. The molecule has 0 atom stereocenters. The van der Waals surface area contributed by atoms with Gasteiger partial charge >= 0.3 is 12.1 Å². The summed E-state index contributed by atoms with van der Waals surface area (Å²) in [7, 11) is 0. The molecule has 1 aliphatic carbocycles. The molecule has 0 aliphatic heterocycles. The molecule has 0 aromatic heterocycles. The average Bonchev–Trinajstić information content (AvgIpc) is 2.67. The monoisotopic (exact) mass is 257 g/mol. The predicted molar refractivity (Wildman–Crippen MR) is 58.1 cm³/mol. The summed E-state index contributed by atoms with van der Waals surface area (Å²) in [5, 5.41) is 3.59. The average molecular weight is 257 g/mol. The van der Waals surface area contributed by atoms with Crippen LogP contribution in [-0.4, -0.2) is 11.7 Å². The first-order valence-electron chi connectivity index (χ1n) is 5.33. The molecule has 0 fully saturated rings. The number of rotatable bonds is 1. The lowest BCUT2D eigenvalue weighted by molar-refractivity contribution is -0.141. The zero-order valence-corrected chi connectivity index (χ0v) is 9.54. The molecule has 2 rings (SSSR count). The minimum Gasteiger partial charge on any atom is -0.318 e. The van der Waals surface area contributed by atoms with Gasteiger partial charge in [-0.1, -0.05) is 11.2 Å². The summed E-state index contributed by atoms with van der Waals surface area (Å²) in [6, 6.07) is 3.53. The highest BCUT2D eigenvalue weighted by Crippen LogP contribution is 2.33. The zero-order chi connectivity index (χ0) is 13.3. The van der Waals surface area contributed by atoms with E-state index < -0.39 is 17.7 Å². The quantitative estimate of drug-likeness (QED) is 0.573. The highest BCUT2D eigenvalue weighted by molar-refractivity contribution is 6.04. The highest BCUT2D eigenvalue weighted by atomic mass is 19.4. The molecule has 0 saturated heterocycles. The smallest absolute Gasteiger partial charge is 0.318 e. The highest BCUT2D eigenvalue weighted by Gasteiger charge is 2.32. The summed E-state index contributed by atoms with van der Waals surface area (Å²) in [6.45, 7) is 1.19. The second kappa shape index (κ2) is 4.44. The van der Waals surface area contributed by atoms with E-state index in [0.717, 1.165) is 17.7 Å². The van der Waals surface area contributed by atoms with Crippen LogP contribution < -0.4 is 0 Å². The van der Waals surface area contributed by atoms with E-state index in [-0.39, 0.29) is 0 Å². The van der Waals surface area contributed by atoms with E-state index in [4.69, 9.17) is 0 Å². The summed E-state index contributed by atoms with van der Waals surface area (Å²) < 4.78 is 37.7. The van der Waals surface area contributed by atoms with E-state index >= 15 is 0 Å². The Morgan fingerprint density at radius 2 is 2.06 bits per heavy atom. The number of nitrogens with zero attached hydrogens (tertiary/aromatic N) is 1. The van der Waals surface area contributed by atoms with Crippen LogP contribution in [0.5, 0.6) is 0 Å². The molecule has 0 saturated carbocycles. The Kier molecular flexibility index (Phi) is 3.11. The lowest BCUT2D eigenvalue weighted by Gasteiger charge is -2.08. The van der Waals surface area contributed by atoms with Crippen LogP contribution in [0.15, 0.2) is 23.4 Å². The van der Waals surface area contributed by atoms with Crippen LogP contribution in [0.3, 0.4) is 0 Å². The third-order valence-corrected chi connectivity index (χ3v) is 2.66. The summed E-state index contributed by atoms with van der Waals surface area (Å²) >= 11 is 0. The Balaban J connectivity index is 2.36. The standard InChI is InChI=1S/C12H10F3NO2/c1-7(17)18-16-11-5-3-8-2-4-9(6-10(8)11)12(13,14)15/h2,4,6H,3,5H2,1H3. The predicted octanol–water partition coefficient (Wildman–Crippen LogP) is 2.92. The van der Waals surface area contributed by atoms with Gasteiger partial charge < -0.3 is 4.84 Å². The molecule has 96 valence electrons. The molecular weight excluding hydrogens is 247 g/mol. The maximum absolute atomic E-state index is 12.6. The number of hydrogen-bond donors (Lipinski definition) is 0. The van der Waals surface area contributed by atoms with Gasteiger partial charge in [-0.2, -0.15) is 13.2 Å². The maximum Gasteiger partial charge on any atom is 0.416 e. The largest absolute Gasteiger partial charge is 0.416 e. The van der Waals surface area contributed by atoms with Gasteiger partial charge in [-0.25, -0.2) is 4.79 Å². The zero-order valence-electron chi connectivity index (χ0n) is 9.54. The van der Waals surface area contributed by atoms with E-state index in [1.54, 1.807) is 0 Å². The Morgan fingerprint density at radius 3 is 2.67 bits per heavy atom. The third-order valence-electron chi connectivity index (χ3n) is 2.66. The second-order valence-electron chi connectivity index (χ2n) is 3.99. The molecule has 3 nitrogen and oxygen atoms in total. The Bertz CT molecular complexity index is 521. The number of carbonyl (C=O) groups is 1. The molecule has 0 radical (unpaired) electrons. The molecule has 0 amide bonds. The van der Waals surface area contributed by atoms with Crippen molar-refractivity contribution in [2.75, 3.05) is 0 Å². The number of oxime groups is 1. The Morgan fingerprint density at radius 1 is 1.33 bits per heavy atom. The van der Waals surface area contributed by atoms with Gasteiger partial charge in [-0.05, 0) is 30.5 Å². The first-order valence-corrected chi connectivity index (χ1v) is 5.33. The lowest BCUT2D eigenvalue weighted by Crippen LogP contribution is -2.07. The van der Waals surface area contributed by atoms with Crippen molar-refractivity contribution in [3.05, 3.63) is 34.9 Å². The summed E-state index contributed by atoms with van der Waals surface area (Å²) in [6.07, 6.45) is -3.30. The van der Waals surface area contributed by atoms with Crippen molar-refractivity contribution >= 4 is 11.7 Å². The van der Waals surface area contributed by atoms with Gasteiger partial charge in [0.1, 0.15) is 0 Å². The van der Waals surface area contributed by atoms with E-state index in [2.05, 4.69) is 9.99 Å². The van der Waals surface area contributed by atoms with Crippen molar-refractivity contribution in [1.82, 2.24) is 0 Å². The van der Waals surface area contributed by atoms with E-state index in [1.807, 2.05) is 0 Å². The van der Waals surface area contributed by atoms with E-state index in [1.165, 1.54) is 13.0 Å². The fourth-order valence-electron chi connectivity index (χ4n) is 1.84. The van der Waals surface area contributed by atoms with Gasteiger partial charge in [0, 0.05) is 12.5 Å². The molecular formula is C12H10F3NO2. The molecule has 1 aromatic carbocycles. The van der Waals surface area contributed by atoms with Gasteiger partial charge in [0.15, 0.2) is 0 Å². The molecule has 6 heteroatoms. The van der Waals surface area contributed by atoms with Crippen molar-refractivity contribution in [2.45, 2.75) is 25.9 Å². The van der Waals surface area contributed by atoms with Crippen LogP contribution in [0.25, 0.3) is 0 Å². The van der Waals surface area contributed by atoms with Gasteiger partial charge in [-0.3, -0.25) is 0 Å². The topological polar surface area (TPSA) is 38.7 Å². The fourth-order valence-corrected chi connectivity index (χ4v) is 1.84. The Hall–Kier alpha value is -1.85. The lowest BCUT2D eigenvalue weighted by atomic mass is 10.1. The van der Waals surface area contributed by atoms with E-state index in [0.29, 0.717) is 24.1 Å². The van der Waals surface area contributed by atoms with Crippen LogP contribution in [0, 0.1) is 0 Å².